The molecule has 116 valence electrons. The fourth-order valence-corrected chi connectivity index (χ4v) is 2.49. The number of anilines is 1. The van der Waals surface area contributed by atoms with Gasteiger partial charge in [0.2, 0.25) is 5.91 Å². The molecule has 1 fully saturated rings. The third-order valence-electron chi connectivity index (χ3n) is 3.76. The first-order chi connectivity index (χ1) is 10.2. The van der Waals surface area contributed by atoms with Crippen LogP contribution in [0.25, 0.3) is 0 Å². The minimum atomic E-state index is -0.0222. The Morgan fingerprint density at radius 1 is 1.33 bits per heavy atom. The molecule has 1 amide bonds. The number of hydrogen-bond acceptors (Lipinski definition) is 4. The summed E-state index contributed by atoms with van der Waals surface area (Å²) in [7, 11) is 0. The van der Waals surface area contributed by atoms with Crippen LogP contribution in [0.3, 0.4) is 0 Å². The Morgan fingerprint density at radius 2 is 2.00 bits per heavy atom. The van der Waals surface area contributed by atoms with Gasteiger partial charge in [0, 0.05) is 25.3 Å². The van der Waals surface area contributed by atoms with Crippen molar-refractivity contribution in [1.82, 2.24) is 4.90 Å². The molecule has 0 saturated carbocycles. The maximum atomic E-state index is 11.8. The summed E-state index contributed by atoms with van der Waals surface area (Å²) in [6, 6.07) is 8.17. The third-order valence-corrected chi connectivity index (χ3v) is 4.69. The molecule has 1 aliphatic heterocycles. The van der Waals surface area contributed by atoms with E-state index in [1.807, 2.05) is 25.3 Å². The fourth-order valence-electron chi connectivity index (χ4n) is 2.22. The van der Waals surface area contributed by atoms with Crippen molar-refractivity contribution in [2.24, 2.45) is 0 Å². The molecule has 0 radical (unpaired) electrons. The van der Waals surface area contributed by atoms with Gasteiger partial charge in [-0.1, -0.05) is 12.1 Å². The van der Waals surface area contributed by atoms with Gasteiger partial charge in [-0.15, -0.1) is 0 Å². The van der Waals surface area contributed by atoms with Crippen molar-refractivity contribution in [3.8, 4) is 0 Å². The van der Waals surface area contributed by atoms with E-state index < -0.39 is 0 Å². The van der Waals surface area contributed by atoms with Crippen molar-refractivity contribution < 1.29 is 9.53 Å². The summed E-state index contributed by atoms with van der Waals surface area (Å²) in [5.41, 5.74) is 2.17. The lowest BCUT2D eigenvalue weighted by atomic mass is 10.1. The molecule has 4 nitrogen and oxygen atoms in total. The van der Waals surface area contributed by atoms with E-state index in [0.717, 1.165) is 45.0 Å². The largest absolute Gasteiger partial charge is 0.379 e. The molecule has 1 aliphatic rings. The number of carbonyl (C=O) groups excluding carboxylic acids is 1. The standard InChI is InChI=1S/C16H24N2O2S/c1-13(21-2)16(19)17-15-5-3-14(4-6-15)7-8-18-9-11-20-12-10-18/h3-6,13H,7-12H2,1-2H3,(H,17,19). The van der Waals surface area contributed by atoms with E-state index in [4.69, 9.17) is 4.74 Å². The van der Waals surface area contributed by atoms with Crippen molar-refractivity contribution in [3.05, 3.63) is 29.8 Å². The molecule has 0 aliphatic carbocycles. The third kappa shape index (κ3) is 5.34. The first-order valence-electron chi connectivity index (χ1n) is 7.42. The highest BCUT2D eigenvalue weighted by molar-refractivity contribution is 7.99. The lowest BCUT2D eigenvalue weighted by Gasteiger charge is -2.26. The molecular weight excluding hydrogens is 284 g/mol. The molecular formula is C16H24N2O2S. The fraction of sp³-hybridized carbons (Fsp3) is 0.562. The minimum Gasteiger partial charge on any atom is -0.379 e. The Morgan fingerprint density at radius 3 is 2.62 bits per heavy atom. The van der Waals surface area contributed by atoms with E-state index in [-0.39, 0.29) is 11.2 Å². The molecule has 1 atom stereocenters. The van der Waals surface area contributed by atoms with Crippen molar-refractivity contribution in [3.63, 3.8) is 0 Å². The van der Waals surface area contributed by atoms with Crippen molar-refractivity contribution in [2.75, 3.05) is 44.4 Å². The maximum Gasteiger partial charge on any atom is 0.237 e. The van der Waals surface area contributed by atoms with Gasteiger partial charge in [0.1, 0.15) is 0 Å². The number of nitrogens with one attached hydrogen (secondary N) is 1. The number of ether oxygens (including phenoxy) is 1. The highest BCUT2D eigenvalue weighted by atomic mass is 32.2. The van der Waals surface area contributed by atoms with Crippen LogP contribution in [0.4, 0.5) is 5.69 Å². The van der Waals surface area contributed by atoms with Gasteiger partial charge in [0.05, 0.1) is 18.5 Å². The van der Waals surface area contributed by atoms with Crippen LogP contribution in [0, 0.1) is 0 Å². The summed E-state index contributed by atoms with van der Waals surface area (Å²) in [5, 5.41) is 2.92. The average Bonchev–Trinajstić information content (AvgIpc) is 2.54. The molecule has 1 saturated heterocycles. The molecule has 0 spiro atoms. The van der Waals surface area contributed by atoms with Gasteiger partial charge in [-0.3, -0.25) is 9.69 Å². The van der Waals surface area contributed by atoms with Gasteiger partial charge in [0.15, 0.2) is 0 Å². The normalized spacial score (nSPS) is 17.4. The van der Waals surface area contributed by atoms with Crippen molar-refractivity contribution in [1.29, 1.82) is 0 Å². The summed E-state index contributed by atoms with van der Waals surface area (Å²) < 4.78 is 5.35. The summed E-state index contributed by atoms with van der Waals surface area (Å²) in [6.07, 6.45) is 2.98. The minimum absolute atomic E-state index is 0.0222. The van der Waals surface area contributed by atoms with E-state index in [1.165, 1.54) is 5.56 Å². The average molecular weight is 308 g/mol. The van der Waals surface area contributed by atoms with E-state index >= 15 is 0 Å². The zero-order valence-corrected chi connectivity index (χ0v) is 13.6. The Hall–Kier alpha value is -1.04. The first-order valence-corrected chi connectivity index (χ1v) is 8.70. The van der Waals surface area contributed by atoms with Gasteiger partial charge in [-0.05, 0) is 37.3 Å². The number of carbonyl (C=O) groups is 1. The maximum absolute atomic E-state index is 11.8. The number of rotatable bonds is 6. The van der Waals surface area contributed by atoms with Gasteiger partial charge in [-0.2, -0.15) is 11.8 Å². The number of nitrogens with zero attached hydrogens (tertiary/aromatic N) is 1. The Bertz CT molecular complexity index is 444. The number of thioether (sulfide) groups is 1. The van der Waals surface area contributed by atoms with E-state index in [1.54, 1.807) is 11.8 Å². The van der Waals surface area contributed by atoms with Gasteiger partial charge >= 0.3 is 0 Å². The molecule has 1 N–H and O–H groups in total. The van der Waals surface area contributed by atoms with Crippen LogP contribution in [0.2, 0.25) is 0 Å². The lowest BCUT2D eigenvalue weighted by Crippen LogP contribution is -2.37. The molecule has 1 unspecified atom stereocenters. The topological polar surface area (TPSA) is 41.6 Å². The summed E-state index contributed by atoms with van der Waals surface area (Å²) in [5.74, 6) is 0.0589. The Balaban J connectivity index is 1.79. The highest BCUT2D eigenvalue weighted by Crippen LogP contribution is 2.13. The van der Waals surface area contributed by atoms with Crippen LogP contribution in [0.1, 0.15) is 12.5 Å². The Labute approximate surface area is 131 Å². The van der Waals surface area contributed by atoms with Crippen molar-refractivity contribution in [2.45, 2.75) is 18.6 Å². The second-order valence-electron chi connectivity index (χ2n) is 5.27. The zero-order chi connectivity index (χ0) is 15.1. The van der Waals surface area contributed by atoms with Gasteiger partial charge in [-0.25, -0.2) is 0 Å². The first kappa shape index (κ1) is 16.3. The SMILES string of the molecule is CSC(C)C(=O)Nc1ccc(CCN2CCOCC2)cc1. The molecule has 1 heterocycles. The van der Waals surface area contributed by atoms with Crippen LogP contribution in [-0.2, 0) is 16.0 Å². The van der Waals surface area contributed by atoms with E-state index in [0.29, 0.717) is 0 Å². The predicted molar refractivity (Wildman–Crippen MR) is 89.0 cm³/mol. The Kier molecular flexibility index (Phi) is 6.54. The van der Waals surface area contributed by atoms with Gasteiger partial charge in [0.25, 0.3) is 0 Å². The van der Waals surface area contributed by atoms with Crippen LogP contribution < -0.4 is 5.32 Å². The quantitative estimate of drug-likeness (QED) is 0.875. The van der Waals surface area contributed by atoms with Gasteiger partial charge < -0.3 is 10.1 Å². The van der Waals surface area contributed by atoms with Crippen LogP contribution in [0.5, 0.6) is 0 Å². The molecule has 5 heteroatoms. The van der Waals surface area contributed by atoms with E-state index in [9.17, 15) is 4.79 Å². The monoisotopic (exact) mass is 308 g/mol. The zero-order valence-electron chi connectivity index (χ0n) is 12.8. The molecule has 21 heavy (non-hydrogen) atoms. The van der Waals surface area contributed by atoms with Crippen LogP contribution in [-0.4, -0.2) is 55.2 Å². The summed E-state index contributed by atoms with van der Waals surface area (Å²) >= 11 is 1.55. The lowest BCUT2D eigenvalue weighted by molar-refractivity contribution is -0.115. The van der Waals surface area contributed by atoms with E-state index in [2.05, 4.69) is 22.3 Å². The molecule has 1 aromatic rings. The molecule has 0 aromatic heterocycles. The second-order valence-corrected chi connectivity index (χ2v) is 6.45. The van der Waals surface area contributed by atoms with Crippen molar-refractivity contribution >= 4 is 23.4 Å². The van der Waals surface area contributed by atoms with Crippen LogP contribution in [0.15, 0.2) is 24.3 Å². The number of morpholine rings is 1. The summed E-state index contributed by atoms with van der Waals surface area (Å²) in [6.45, 7) is 6.73. The van der Waals surface area contributed by atoms with Crippen LogP contribution >= 0.6 is 11.8 Å². The molecule has 0 bridgehead atoms. The highest BCUT2D eigenvalue weighted by Gasteiger charge is 2.12. The number of amides is 1. The second kappa shape index (κ2) is 8.41. The predicted octanol–water partition coefficient (Wildman–Crippen LogP) is 2.25. The number of hydrogen-bond donors (Lipinski definition) is 1. The smallest absolute Gasteiger partial charge is 0.237 e. The molecule has 2 rings (SSSR count). The number of benzene rings is 1. The summed E-state index contributed by atoms with van der Waals surface area (Å²) in [4.78, 5) is 14.2. The molecule has 1 aromatic carbocycles.